The van der Waals surface area contributed by atoms with Gasteiger partial charge in [0.15, 0.2) is 11.6 Å². The average Bonchev–Trinajstić information content (AvgIpc) is 2.40. The van der Waals surface area contributed by atoms with Gasteiger partial charge in [-0.3, -0.25) is 0 Å². The van der Waals surface area contributed by atoms with E-state index >= 15 is 0 Å². The van der Waals surface area contributed by atoms with E-state index in [1.165, 1.54) is 12.1 Å². The molecule has 0 bridgehead atoms. The molecule has 0 saturated heterocycles. The number of benzene rings is 1. The lowest BCUT2D eigenvalue weighted by Gasteiger charge is -2.09. The van der Waals surface area contributed by atoms with Gasteiger partial charge in [-0.25, -0.2) is 13.8 Å². The second-order valence-corrected chi connectivity index (χ2v) is 4.03. The molecule has 1 N–H and O–H groups in total. The summed E-state index contributed by atoms with van der Waals surface area (Å²) in [6.07, 6.45) is -3.46. The van der Waals surface area contributed by atoms with Gasteiger partial charge in [-0.2, -0.15) is 13.2 Å². The molecule has 20 heavy (non-hydrogen) atoms. The van der Waals surface area contributed by atoms with Crippen LogP contribution in [0.25, 0.3) is 0 Å². The van der Waals surface area contributed by atoms with Gasteiger partial charge in [0.1, 0.15) is 5.69 Å². The zero-order valence-electron chi connectivity index (χ0n) is 10.0. The van der Waals surface area contributed by atoms with Gasteiger partial charge in [-0.05, 0) is 29.8 Å². The minimum absolute atomic E-state index is 0.143. The van der Waals surface area contributed by atoms with Gasteiger partial charge >= 0.3 is 6.18 Å². The summed E-state index contributed by atoms with van der Waals surface area (Å²) >= 11 is 0. The van der Waals surface area contributed by atoms with Gasteiger partial charge < -0.3 is 5.32 Å². The van der Waals surface area contributed by atoms with E-state index in [1.54, 1.807) is 0 Å². The first-order chi connectivity index (χ1) is 9.36. The molecule has 0 unspecified atom stereocenters. The van der Waals surface area contributed by atoms with E-state index < -0.39 is 23.5 Å². The second kappa shape index (κ2) is 5.44. The van der Waals surface area contributed by atoms with Crippen LogP contribution >= 0.6 is 0 Å². The van der Waals surface area contributed by atoms with E-state index in [2.05, 4.69) is 10.3 Å². The van der Waals surface area contributed by atoms with Crippen LogP contribution in [-0.4, -0.2) is 4.98 Å². The van der Waals surface area contributed by atoms with E-state index in [1.807, 2.05) is 0 Å². The lowest BCUT2D eigenvalue weighted by Crippen LogP contribution is -2.08. The van der Waals surface area contributed by atoms with Crippen LogP contribution in [-0.2, 0) is 12.7 Å². The molecular formula is C13H9F5N2. The summed E-state index contributed by atoms with van der Waals surface area (Å²) in [4.78, 5) is 3.27. The van der Waals surface area contributed by atoms with Crippen molar-refractivity contribution in [3.8, 4) is 0 Å². The molecule has 1 heterocycles. The van der Waals surface area contributed by atoms with Crippen LogP contribution in [0.1, 0.15) is 11.3 Å². The summed E-state index contributed by atoms with van der Waals surface area (Å²) in [5.41, 5.74) is -0.178. The van der Waals surface area contributed by atoms with Crippen LogP contribution in [0.15, 0.2) is 36.5 Å². The summed E-state index contributed by atoms with van der Waals surface area (Å²) < 4.78 is 62.5. The minimum atomic E-state index is -4.49. The molecule has 0 fully saturated rings. The Morgan fingerprint density at radius 2 is 1.75 bits per heavy atom. The fourth-order valence-corrected chi connectivity index (χ4v) is 1.52. The van der Waals surface area contributed by atoms with Crippen molar-refractivity contribution in [3.63, 3.8) is 0 Å². The van der Waals surface area contributed by atoms with Crippen molar-refractivity contribution in [2.75, 3.05) is 5.32 Å². The predicted molar refractivity (Wildman–Crippen MR) is 62.9 cm³/mol. The monoisotopic (exact) mass is 288 g/mol. The number of anilines is 1. The molecule has 0 saturated carbocycles. The topological polar surface area (TPSA) is 24.9 Å². The van der Waals surface area contributed by atoms with E-state index in [9.17, 15) is 22.0 Å². The summed E-state index contributed by atoms with van der Waals surface area (Å²) in [6.45, 7) is 0.143. The Labute approximate surface area is 111 Å². The van der Waals surface area contributed by atoms with Gasteiger partial charge in [0.25, 0.3) is 0 Å². The first kappa shape index (κ1) is 14.2. The van der Waals surface area contributed by atoms with E-state index in [-0.39, 0.29) is 6.54 Å². The van der Waals surface area contributed by atoms with Gasteiger partial charge in [-0.1, -0.05) is 6.07 Å². The maximum atomic E-state index is 12.9. The Morgan fingerprint density at radius 1 is 1.00 bits per heavy atom. The first-order valence-corrected chi connectivity index (χ1v) is 5.57. The predicted octanol–water partition coefficient (Wildman–Crippen LogP) is 3.99. The molecule has 0 amide bonds. The van der Waals surface area contributed by atoms with Crippen LogP contribution in [0.3, 0.4) is 0 Å². The quantitative estimate of drug-likeness (QED) is 0.864. The van der Waals surface area contributed by atoms with Crippen LogP contribution in [0, 0.1) is 11.6 Å². The Bertz CT molecular complexity index is 593. The average molecular weight is 288 g/mol. The van der Waals surface area contributed by atoms with Gasteiger partial charge in [-0.15, -0.1) is 0 Å². The number of rotatable bonds is 3. The highest BCUT2D eigenvalue weighted by molar-refractivity contribution is 5.42. The third-order valence-electron chi connectivity index (χ3n) is 2.53. The number of hydrogen-bond donors (Lipinski definition) is 1. The lowest BCUT2D eigenvalue weighted by atomic mass is 10.2. The number of nitrogens with one attached hydrogen (secondary N) is 1. The van der Waals surface area contributed by atoms with Gasteiger partial charge in [0.05, 0.1) is 11.9 Å². The maximum Gasteiger partial charge on any atom is 0.433 e. The van der Waals surface area contributed by atoms with Crippen molar-refractivity contribution in [2.24, 2.45) is 0 Å². The Hall–Kier alpha value is -2.18. The highest BCUT2D eigenvalue weighted by Crippen LogP contribution is 2.27. The molecule has 106 valence electrons. The normalized spacial score (nSPS) is 11.4. The number of aromatic nitrogens is 1. The zero-order chi connectivity index (χ0) is 14.8. The van der Waals surface area contributed by atoms with Crippen LogP contribution in [0.5, 0.6) is 0 Å². The third kappa shape index (κ3) is 3.43. The molecule has 2 rings (SSSR count). The highest BCUT2D eigenvalue weighted by Gasteiger charge is 2.31. The fraction of sp³-hybridized carbons (Fsp3) is 0.154. The molecule has 2 aromatic rings. The largest absolute Gasteiger partial charge is 0.433 e. The lowest BCUT2D eigenvalue weighted by molar-refractivity contribution is -0.141. The third-order valence-corrected chi connectivity index (χ3v) is 2.53. The van der Waals surface area contributed by atoms with E-state index in [0.717, 1.165) is 24.4 Å². The molecule has 7 heteroatoms. The van der Waals surface area contributed by atoms with Crippen LogP contribution < -0.4 is 5.32 Å². The van der Waals surface area contributed by atoms with Crippen LogP contribution in [0.4, 0.5) is 27.6 Å². The SMILES string of the molecule is Fc1ccc(CNc2ccc(C(F)(F)F)nc2)cc1F. The maximum absolute atomic E-state index is 12.9. The molecule has 0 radical (unpaired) electrons. The molecule has 0 aliphatic carbocycles. The van der Waals surface area contributed by atoms with Gasteiger partial charge in [0, 0.05) is 6.54 Å². The number of halogens is 5. The number of nitrogens with zero attached hydrogens (tertiary/aromatic N) is 1. The number of alkyl halides is 3. The molecule has 1 aromatic heterocycles. The second-order valence-electron chi connectivity index (χ2n) is 4.03. The zero-order valence-corrected chi connectivity index (χ0v) is 10.0. The van der Waals surface area contributed by atoms with Crippen molar-refractivity contribution in [2.45, 2.75) is 12.7 Å². The standard InChI is InChI=1S/C13H9F5N2/c14-10-3-1-8(5-11(10)15)6-19-9-2-4-12(20-7-9)13(16,17)18/h1-5,7,19H,6H2. The van der Waals surface area contributed by atoms with E-state index in [0.29, 0.717) is 11.3 Å². The molecule has 0 aliphatic rings. The van der Waals surface area contributed by atoms with Crippen LogP contribution in [0.2, 0.25) is 0 Å². The number of hydrogen-bond acceptors (Lipinski definition) is 2. The molecule has 0 atom stereocenters. The van der Waals surface area contributed by atoms with Crippen molar-refractivity contribution in [3.05, 3.63) is 59.4 Å². The summed E-state index contributed by atoms with van der Waals surface area (Å²) in [6, 6.07) is 5.43. The molecular weight excluding hydrogens is 279 g/mol. The molecule has 0 spiro atoms. The van der Waals surface area contributed by atoms with Crippen molar-refractivity contribution < 1.29 is 22.0 Å². The Balaban J connectivity index is 2.02. The molecule has 0 aliphatic heterocycles. The Kier molecular flexibility index (Phi) is 3.87. The van der Waals surface area contributed by atoms with Crippen molar-refractivity contribution in [1.82, 2.24) is 4.98 Å². The van der Waals surface area contributed by atoms with Gasteiger partial charge in [0.2, 0.25) is 0 Å². The summed E-state index contributed by atoms with van der Waals surface area (Å²) in [5.74, 6) is -1.93. The first-order valence-electron chi connectivity index (χ1n) is 5.57. The summed E-state index contributed by atoms with van der Waals surface area (Å²) in [5, 5.41) is 2.77. The van der Waals surface area contributed by atoms with Crippen molar-refractivity contribution in [1.29, 1.82) is 0 Å². The highest BCUT2D eigenvalue weighted by atomic mass is 19.4. The summed E-state index contributed by atoms with van der Waals surface area (Å²) in [7, 11) is 0. The number of pyridine rings is 1. The fourth-order valence-electron chi connectivity index (χ4n) is 1.52. The van der Waals surface area contributed by atoms with Crippen molar-refractivity contribution >= 4 is 5.69 Å². The Morgan fingerprint density at radius 3 is 2.30 bits per heavy atom. The van der Waals surface area contributed by atoms with E-state index in [4.69, 9.17) is 0 Å². The smallest absolute Gasteiger partial charge is 0.380 e. The molecule has 2 nitrogen and oxygen atoms in total. The molecule has 1 aromatic carbocycles. The minimum Gasteiger partial charge on any atom is -0.380 e.